The van der Waals surface area contributed by atoms with Crippen LogP contribution in [0.5, 0.6) is 0 Å². The number of aliphatic hydroxyl groups excluding tert-OH is 1. The summed E-state index contributed by atoms with van der Waals surface area (Å²) >= 11 is 0. The van der Waals surface area contributed by atoms with Crippen LogP contribution in [0.4, 0.5) is 4.39 Å². The Morgan fingerprint density at radius 2 is 1.62 bits per heavy atom. The first kappa shape index (κ1) is 15.4. The second kappa shape index (κ2) is 9.58. The van der Waals surface area contributed by atoms with Crippen LogP contribution in [0.25, 0.3) is 0 Å². The van der Waals surface area contributed by atoms with Gasteiger partial charge in [-0.15, -0.1) is 0 Å². The number of hydrogen-bond acceptors (Lipinski definition) is 2. The van der Waals surface area contributed by atoms with E-state index in [2.05, 4.69) is 6.92 Å². The van der Waals surface area contributed by atoms with Crippen molar-refractivity contribution >= 4 is 5.97 Å². The zero-order valence-corrected chi connectivity index (χ0v) is 9.99. The molecule has 0 bridgehead atoms. The molecule has 0 radical (unpaired) electrons. The summed E-state index contributed by atoms with van der Waals surface area (Å²) < 4.78 is 12.7. The average Bonchev–Trinajstić information content (AvgIpc) is 2.26. The van der Waals surface area contributed by atoms with Gasteiger partial charge in [0.1, 0.15) is 0 Å². The topological polar surface area (TPSA) is 57.5 Å². The zero-order valence-electron chi connectivity index (χ0n) is 9.99. The van der Waals surface area contributed by atoms with Crippen molar-refractivity contribution in [3.05, 3.63) is 0 Å². The molecule has 3 nitrogen and oxygen atoms in total. The molecule has 4 heteroatoms. The van der Waals surface area contributed by atoms with Gasteiger partial charge in [-0.25, -0.2) is 9.18 Å². The third-order valence-electron chi connectivity index (χ3n) is 2.68. The van der Waals surface area contributed by atoms with E-state index in [4.69, 9.17) is 5.11 Å². The molecule has 0 aliphatic heterocycles. The molecule has 0 saturated carbocycles. The molecule has 0 fully saturated rings. The monoisotopic (exact) mass is 234 g/mol. The van der Waals surface area contributed by atoms with Gasteiger partial charge in [0.25, 0.3) is 0 Å². The highest BCUT2D eigenvalue weighted by atomic mass is 19.1. The van der Waals surface area contributed by atoms with E-state index in [0.717, 1.165) is 12.8 Å². The molecule has 96 valence electrons. The lowest BCUT2D eigenvalue weighted by atomic mass is 10.0. The molecule has 0 amide bonds. The molecule has 2 N–H and O–H groups in total. The van der Waals surface area contributed by atoms with Crippen LogP contribution < -0.4 is 0 Å². The van der Waals surface area contributed by atoms with Gasteiger partial charge in [0.2, 0.25) is 6.17 Å². The molecule has 0 aromatic heterocycles. The Bertz CT molecular complexity index is 185. The molecule has 0 spiro atoms. The Morgan fingerprint density at radius 1 is 1.12 bits per heavy atom. The van der Waals surface area contributed by atoms with E-state index in [0.29, 0.717) is 6.42 Å². The minimum absolute atomic E-state index is 0.237. The van der Waals surface area contributed by atoms with E-state index in [9.17, 15) is 14.3 Å². The quantitative estimate of drug-likeness (QED) is 0.571. The van der Waals surface area contributed by atoms with E-state index in [-0.39, 0.29) is 6.42 Å². The third-order valence-corrected chi connectivity index (χ3v) is 2.68. The van der Waals surface area contributed by atoms with Crippen molar-refractivity contribution in [2.75, 3.05) is 0 Å². The highest BCUT2D eigenvalue weighted by molar-refractivity contribution is 5.72. The molecule has 0 heterocycles. The van der Waals surface area contributed by atoms with Gasteiger partial charge in [-0.3, -0.25) is 0 Å². The number of carboxylic acid groups (broad SMARTS) is 1. The smallest absolute Gasteiger partial charge is 0.341 e. The minimum Gasteiger partial charge on any atom is -0.479 e. The van der Waals surface area contributed by atoms with Gasteiger partial charge in [0.05, 0.1) is 6.10 Å². The number of aliphatic carboxylic acids is 1. The van der Waals surface area contributed by atoms with E-state index >= 15 is 0 Å². The standard InChI is InChI=1S/C12H23FO3/c1-2-3-4-5-6-7-8-9-10(14)11(13)12(15)16/h10-11,14H,2-9H2,1H3,(H,15,16). The fraction of sp³-hybridized carbons (Fsp3) is 0.917. The molecule has 0 aromatic rings. The first-order chi connectivity index (χ1) is 7.59. The minimum atomic E-state index is -2.14. The summed E-state index contributed by atoms with van der Waals surface area (Å²) in [5, 5.41) is 17.5. The number of carboxylic acids is 1. The maximum Gasteiger partial charge on any atom is 0.341 e. The third kappa shape index (κ3) is 7.63. The van der Waals surface area contributed by atoms with Crippen LogP contribution in [0.15, 0.2) is 0 Å². The van der Waals surface area contributed by atoms with Crippen LogP contribution in [0.2, 0.25) is 0 Å². The van der Waals surface area contributed by atoms with Crippen LogP contribution in [-0.2, 0) is 4.79 Å². The van der Waals surface area contributed by atoms with Crippen molar-refractivity contribution in [2.45, 2.75) is 70.6 Å². The van der Waals surface area contributed by atoms with Crippen molar-refractivity contribution in [3.8, 4) is 0 Å². The lowest BCUT2D eigenvalue weighted by Crippen LogP contribution is -2.29. The van der Waals surface area contributed by atoms with Gasteiger partial charge < -0.3 is 10.2 Å². The molecule has 0 saturated heterocycles. The first-order valence-electron chi connectivity index (χ1n) is 6.14. The predicted molar refractivity (Wildman–Crippen MR) is 61.1 cm³/mol. The maximum atomic E-state index is 12.7. The summed E-state index contributed by atoms with van der Waals surface area (Å²) in [5.41, 5.74) is 0. The van der Waals surface area contributed by atoms with Gasteiger partial charge in [-0.1, -0.05) is 51.9 Å². The maximum absolute atomic E-state index is 12.7. The van der Waals surface area contributed by atoms with Gasteiger partial charge in [0, 0.05) is 0 Å². The Kier molecular flexibility index (Phi) is 9.19. The molecule has 2 unspecified atom stereocenters. The fourth-order valence-electron chi connectivity index (χ4n) is 1.62. The number of hydrogen-bond donors (Lipinski definition) is 2. The van der Waals surface area contributed by atoms with Crippen LogP contribution >= 0.6 is 0 Å². The number of unbranched alkanes of at least 4 members (excludes halogenated alkanes) is 6. The summed E-state index contributed by atoms with van der Waals surface area (Å²) in [6, 6.07) is 0. The van der Waals surface area contributed by atoms with Crippen molar-refractivity contribution < 1.29 is 19.4 Å². The van der Waals surface area contributed by atoms with Crippen LogP contribution in [-0.4, -0.2) is 28.5 Å². The molecule has 16 heavy (non-hydrogen) atoms. The molecular weight excluding hydrogens is 211 g/mol. The van der Waals surface area contributed by atoms with Crippen LogP contribution in [0.3, 0.4) is 0 Å². The molecule has 0 aliphatic carbocycles. The predicted octanol–water partition coefficient (Wildman–Crippen LogP) is 2.91. The normalized spacial score (nSPS) is 14.7. The zero-order chi connectivity index (χ0) is 12.4. The Morgan fingerprint density at radius 3 is 2.12 bits per heavy atom. The van der Waals surface area contributed by atoms with Crippen molar-refractivity contribution in [1.82, 2.24) is 0 Å². The van der Waals surface area contributed by atoms with E-state index in [1.807, 2.05) is 0 Å². The summed E-state index contributed by atoms with van der Waals surface area (Å²) in [6.45, 7) is 2.16. The second-order valence-corrected chi connectivity index (χ2v) is 4.22. The van der Waals surface area contributed by atoms with Crippen molar-refractivity contribution in [3.63, 3.8) is 0 Å². The molecule has 2 atom stereocenters. The Labute approximate surface area is 96.7 Å². The van der Waals surface area contributed by atoms with Gasteiger partial charge >= 0.3 is 5.97 Å². The van der Waals surface area contributed by atoms with Gasteiger partial charge in [-0.05, 0) is 6.42 Å². The summed E-state index contributed by atoms with van der Waals surface area (Å²) in [7, 11) is 0. The number of carbonyl (C=O) groups is 1. The largest absolute Gasteiger partial charge is 0.479 e. The number of aliphatic hydroxyl groups is 1. The lowest BCUT2D eigenvalue weighted by molar-refractivity contribution is -0.147. The van der Waals surface area contributed by atoms with E-state index < -0.39 is 18.2 Å². The SMILES string of the molecule is CCCCCCCCCC(O)C(F)C(=O)O. The second-order valence-electron chi connectivity index (χ2n) is 4.22. The van der Waals surface area contributed by atoms with Gasteiger partial charge in [0.15, 0.2) is 0 Å². The lowest BCUT2D eigenvalue weighted by Gasteiger charge is -2.11. The molecule has 0 rings (SSSR count). The van der Waals surface area contributed by atoms with Crippen molar-refractivity contribution in [1.29, 1.82) is 0 Å². The Hall–Kier alpha value is -0.640. The first-order valence-corrected chi connectivity index (χ1v) is 6.14. The fourth-order valence-corrected chi connectivity index (χ4v) is 1.62. The molecular formula is C12H23FO3. The number of alkyl halides is 1. The van der Waals surface area contributed by atoms with E-state index in [1.54, 1.807) is 0 Å². The summed E-state index contributed by atoms with van der Waals surface area (Å²) in [4.78, 5) is 10.2. The number of rotatable bonds is 10. The highest BCUT2D eigenvalue weighted by Gasteiger charge is 2.24. The summed E-state index contributed by atoms with van der Waals surface area (Å²) in [5.74, 6) is -1.57. The molecule has 0 aliphatic rings. The van der Waals surface area contributed by atoms with Crippen molar-refractivity contribution in [2.24, 2.45) is 0 Å². The van der Waals surface area contributed by atoms with E-state index in [1.165, 1.54) is 25.7 Å². The molecule has 0 aromatic carbocycles. The van der Waals surface area contributed by atoms with Crippen LogP contribution in [0, 0.1) is 0 Å². The number of halogens is 1. The Balaban J connectivity index is 3.34. The summed E-state index contributed by atoms with van der Waals surface area (Å²) in [6.07, 6.45) is 4.30. The highest BCUT2D eigenvalue weighted by Crippen LogP contribution is 2.12. The van der Waals surface area contributed by atoms with Gasteiger partial charge in [-0.2, -0.15) is 0 Å². The average molecular weight is 234 g/mol. The van der Waals surface area contributed by atoms with Crippen LogP contribution in [0.1, 0.15) is 58.3 Å².